The number of aliphatic hydroxyl groups excluding tert-OH is 2. The molecule has 2 rings (SSSR count). The monoisotopic (exact) mass is 736 g/mol. The Morgan fingerprint density at radius 1 is 0.882 bits per heavy atom. The number of rotatable bonds is 32. The number of ether oxygens (including phenoxy) is 1. The number of nitrogens with zero attached hydrogens (tertiary/aromatic N) is 1. The van der Waals surface area contributed by atoms with Crippen LogP contribution in [0.5, 0.6) is 0 Å². The topological polar surface area (TPSA) is 87.1 Å². The van der Waals surface area contributed by atoms with Gasteiger partial charge in [-0.05, 0) is 82.2 Å². The highest BCUT2D eigenvalue weighted by Gasteiger charge is 2.42. The fourth-order valence-electron chi connectivity index (χ4n) is 8.52. The van der Waals surface area contributed by atoms with Crippen LogP contribution in [-0.2, 0) is 14.3 Å². The van der Waals surface area contributed by atoms with Crippen molar-refractivity contribution in [1.82, 2.24) is 4.90 Å². The van der Waals surface area contributed by atoms with Gasteiger partial charge in [-0.25, -0.2) is 0 Å². The van der Waals surface area contributed by atoms with Crippen LogP contribution < -0.4 is 0 Å². The number of alkyl halides is 1. The highest BCUT2D eigenvalue weighted by atomic mass is 35.5. The molecule has 51 heavy (non-hydrogen) atoms. The second-order valence-electron chi connectivity index (χ2n) is 15.8. The molecule has 0 aromatic rings. The summed E-state index contributed by atoms with van der Waals surface area (Å²) in [5.74, 6) is -0.206. The number of aliphatic hydroxyl groups is 2. The Kier molecular flexibility index (Phi) is 25.5. The van der Waals surface area contributed by atoms with Crippen LogP contribution in [0.15, 0.2) is 24.3 Å². The second kappa shape index (κ2) is 28.3. The van der Waals surface area contributed by atoms with Gasteiger partial charge in [0, 0.05) is 11.3 Å². The van der Waals surface area contributed by atoms with E-state index < -0.39 is 6.10 Å². The van der Waals surface area contributed by atoms with E-state index in [1.807, 2.05) is 0 Å². The Morgan fingerprint density at radius 3 is 1.98 bits per heavy atom. The van der Waals surface area contributed by atoms with Gasteiger partial charge in [0.1, 0.15) is 12.6 Å². The molecule has 0 radical (unpaired) electrons. The molecule has 2 aliphatic carbocycles. The largest absolute Gasteiger partial charge is 0.457 e. The zero-order valence-corrected chi connectivity index (χ0v) is 33.9. The number of halogens is 1. The molecule has 2 aliphatic rings. The lowest BCUT2D eigenvalue weighted by Crippen LogP contribution is -2.42. The van der Waals surface area contributed by atoms with Gasteiger partial charge in [-0.1, -0.05) is 148 Å². The minimum Gasteiger partial charge on any atom is -0.457 e. The normalized spacial score (nSPS) is 22.9. The molecule has 0 aromatic heterocycles. The molecule has 6 nitrogen and oxygen atoms in total. The number of unbranched alkanes of at least 4 members (excludes halogenated alkanes) is 15. The number of aldehydes is 1. The van der Waals surface area contributed by atoms with E-state index in [-0.39, 0.29) is 47.3 Å². The average molecular weight is 737 g/mol. The highest BCUT2D eigenvalue weighted by molar-refractivity contribution is 6.21. The minimum atomic E-state index is -0.470. The molecule has 296 valence electrons. The van der Waals surface area contributed by atoms with Crippen LogP contribution in [0.4, 0.5) is 0 Å². The molecule has 1 unspecified atom stereocenters. The van der Waals surface area contributed by atoms with Gasteiger partial charge < -0.3 is 14.9 Å². The van der Waals surface area contributed by atoms with Crippen LogP contribution in [0.25, 0.3) is 0 Å². The number of carbonyl (C=O) groups excluding carboxylic acids is 2. The first-order chi connectivity index (χ1) is 24.8. The van der Waals surface area contributed by atoms with Crippen LogP contribution in [0, 0.1) is 17.3 Å². The molecule has 2 saturated carbocycles. The summed E-state index contributed by atoms with van der Waals surface area (Å²) in [5, 5.41) is 21.5. The zero-order chi connectivity index (χ0) is 37.2. The summed E-state index contributed by atoms with van der Waals surface area (Å²) >= 11 is 6.71. The van der Waals surface area contributed by atoms with E-state index in [0.29, 0.717) is 25.5 Å². The maximum absolute atomic E-state index is 13.0. The fourth-order valence-corrected chi connectivity index (χ4v) is 8.97. The van der Waals surface area contributed by atoms with E-state index in [2.05, 4.69) is 50.0 Å². The van der Waals surface area contributed by atoms with Gasteiger partial charge in [0.05, 0.1) is 12.2 Å². The van der Waals surface area contributed by atoms with Crippen molar-refractivity contribution in [3.05, 3.63) is 24.3 Å². The SMILES string of the molecule is CCCCCCCCCCCCCCCCCCN(CC)C(CCC=CC[C@@H]1[C@@H](C=CC[C@H](O)C2(CC)CCC2)[C@H](O)C[C@H]1Cl)C(=O)OCC=O. The molecule has 0 amide bonds. The van der Waals surface area contributed by atoms with Crippen molar-refractivity contribution in [3.63, 3.8) is 0 Å². The molecule has 7 heteroatoms. The van der Waals surface area contributed by atoms with Crippen molar-refractivity contribution >= 4 is 23.9 Å². The van der Waals surface area contributed by atoms with E-state index >= 15 is 0 Å². The zero-order valence-electron chi connectivity index (χ0n) is 33.1. The van der Waals surface area contributed by atoms with E-state index in [1.54, 1.807) is 0 Å². The van der Waals surface area contributed by atoms with Gasteiger partial charge in [-0.2, -0.15) is 0 Å². The van der Waals surface area contributed by atoms with E-state index in [4.69, 9.17) is 16.3 Å². The summed E-state index contributed by atoms with van der Waals surface area (Å²) < 4.78 is 5.30. The van der Waals surface area contributed by atoms with Crippen LogP contribution in [0.3, 0.4) is 0 Å². The highest BCUT2D eigenvalue weighted by Crippen LogP contribution is 2.48. The fraction of sp³-hybridized carbons (Fsp3) is 0.864. The summed E-state index contributed by atoms with van der Waals surface area (Å²) in [6.45, 7) is 7.96. The first-order valence-corrected chi connectivity index (χ1v) is 21.9. The van der Waals surface area contributed by atoms with Crippen molar-refractivity contribution < 1.29 is 24.5 Å². The maximum atomic E-state index is 13.0. The van der Waals surface area contributed by atoms with Crippen molar-refractivity contribution in [2.75, 3.05) is 19.7 Å². The number of hydrogen-bond donors (Lipinski definition) is 2. The van der Waals surface area contributed by atoms with E-state index in [1.165, 1.54) is 103 Å². The first kappa shape index (κ1) is 45.9. The summed E-state index contributed by atoms with van der Waals surface area (Å²) in [4.78, 5) is 26.2. The molecular formula is C44H78ClNO5. The van der Waals surface area contributed by atoms with Gasteiger partial charge in [0.15, 0.2) is 6.29 Å². The van der Waals surface area contributed by atoms with Crippen LogP contribution in [0.2, 0.25) is 0 Å². The molecule has 2 N–H and O–H groups in total. The molecule has 0 aliphatic heterocycles. The van der Waals surface area contributed by atoms with Crippen molar-refractivity contribution in [2.24, 2.45) is 17.3 Å². The van der Waals surface area contributed by atoms with E-state index in [0.717, 1.165) is 51.6 Å². The lowest BCUT2D eigenvalue weighted by Gasteiger charge is -2.45. The Balaban J connectivity index is 1.70. The molecule has 0 aromatic carbocycles. The number of allylic oxidation sites excluding steroid dienone is 2. The van der Waals surface area contributed by atoms with Crippen LogP contribution >= 0.6 is 11.6 Å². The molecular weight excluding hydrogens is 658 g/mol. The summed E-state index contributed by atoms with van der Waals surface area (Å²) in [5.41, 5.74) is 0.0758. The second-order valence-corrected chi connectivity index (χ2v) is 16.4. The lowest BCUT2D eigenvalue weighted by molar-refractivity contribution is -0.151. The summed E-state index contributed by atoms with van der Waals surface area (Å²) in [6.07, 6.45) is 37.4. The third-order valence-corrected chi connectivity index (χ3v) is 12.7. The quantitative estimate of drug-likeness (QED) is 0.0235. The molecule has 0 bridgehead atoms. The molecule has 0 spiro atoms. The van der Waals surface area contributed by atoms with Crippen molar-refractivity contribution in [3.8, 4) is 0 Å². The Morgan fingerprint density at radius 2 is 1.47 bits per heavy atom. The van der Waals surface area contributed by atoms with Gasteiger partial charge in [-0.15, -0.1) is 11.6 Å². The van der Waals surface area contributed by atoms with Gasteiger partial charge >= 0.3 is 5.97 Å². The number of carbonyl (C=O) groups is 2. The van der Waals surface area contributed by atoms with Gasteiger partial charge in [-0.3, -0.25) is 14.5 Å². The van der Waals surface area contributed by atoms with Crippen LogP contribution in [-0.4, -0.2) is 70.7 Å². The summed E-state index contributed by atoms with van der Waals surface area (Å²) in [6, 6.07) is -0.366. The van der Waals surface area contributed by atoms with E-state index in [9.17, 15) is 19.8 Å². The van der Waals surface area contributed by atoms with Crippen LogP contribution in [0.1, 0.15) is 181 Å². The molecule has 2 fully saturated rings. The van der Waals surface area contributed by atoms with Crippen molar-refractivity contribution in [1.29, 1.82) is 0 Å². The number of esters is 1. The minimum absolute atomic E-state index is 0.0234. The van der Waals surface area contributed by atoms with Crippen molar-refractivity contribution in [2.45, 2.75) is 205 Å². The third-order valence-electron chi connectivity index (χ3n) is 12.2. The Bertz CT molecular complexity index is 946. The standard InChI is InChI=1S/C44H78ClNO5/c1-4-7-8-9-10-11-12-13-14-15-16-17-18-19-20-24-33-46(6-3)40(43(50)51-35-34-47)29-23-21-22-27-37-38(41(48)36-39(37)45)28-25-30-42(49)44(5-2)31-26-32-44/h21-22,25,28,34,37-42,48-49H,4-20,23-24,26-27,29-33,35-36H2,1-3H3/t37-,38-,39-,40?,41-,42+/m1/s1. The molecule has 0 saturated heterocycles. The third kappa shape index (κ3) is 17.7. The number of hydrogen-bond acceptors (Lipinski definition) is 6. The first-order valence-electron chi connectivity index (χ1n) is 21.5. The van der Waals surface area contributed by atoms with Gasteiger partial charge in [0.2, 0.25) is 0 Å². The predicted octanol–water partition coefficient (Wildman–Crippen LogP) is 10.9. The predicted molar refractivity (Wildman–Crippen MR) is 214 cm³/mol. The smallest absolute Gasteiger partial charge is 0.323 e. The maximum Gasteiger partial charge on any atom is 0.323 e. The molecule has 0 heterocycles. The lowest BCUT2D eigenvalue weighted by atomic mass is 9.63. The number of likely N-dealkylation sites (N-methyl/N-ethyl adjacent to an activating group) is 1. The Labute approximate surface area is 318 Å². The summed E-state index contributed by atoms with van der Waals surface area (Å²) in [7, 11) is 0. The molecule has 6 atom stereocenters. The Hall–Kier alpha value is -1.21. The van der Waals surface area contributed by atoms with Gasteiger partial charge in [0.25, 0.3) is 0 Å². The average Bonchev–Trinajstić information content (AvgIpc) is 3.37.